The highest BCUT2D eigenvalue weighted by Crippen LogP contribution is 2.25. The molecule has 0 radical (unpaired) electrons. The van der Waals surface area contributed by atoms with E-state index < -0.39 is 0 Å². The van der Waals surface area contributed by atoms with E-state index in [1.54, 1.807) is 4.90 Å². The summed E-state index contributed by atoms with van der Waals surface area (Å²) < 4.78 is 32.4. The summed E-state index contributed by atoms with van der Waals surface area (Å²) in [5.74, 6) is 6.17. The Morgan fingerprint density at radius 3 is 1.77 bits per heavy atom. The van der Waals surface area contributed by atoms with Gasteiger partial charge in [-0.05, 0) is 23.8 Å². The van der Waals surface area contributed by atoms with Crippen molar-refractivity contribution >= 4 is 17.5 Å². The molecule has 3 N–H and O–H groups in total. The van der Waals surface area contributed by atoms with Gasteiger partial charge in [-0.15, -0.1) is 0 Å². The first-order valence-electron chi connectivity index (χ1n) is 15.1. The van der Waals surface area contributed by atoms with Crippen LogP contribution in [0.15, 0.2) is 48.5 Å². The lowest BCUT2D eigenvalue weighted by Gasteiger charge is -2.26. The fraction of sp³-hybridized carbons (Fsp3) is 0.515. The van der Waals surface area contributed by atoms with Crippen LogP contribution in [0.1, 0.15) is 29.5 Å². The molecule has 44 heavy (non-hydrogen) atoms. The highest BCUT2D eigenvalue weighted by Gasteiger charge is 2.21. The van der Waals surface area contributed by atoms with Gasteiger partial charge in [0.15, 0.2) is 0 Å². The van der Waals surface area contributed by atoms with Crippen LogP contribution in [0.25, 0.3) is 0 Å². The molecule has 0 aliphatic carbocycles. The predicted molar refractivity (Wildman–Crippen MR) is 166 cm³/mol. The van der Waals surface area contributed by atoms with Gasteiger partial charge in [-0.3, -0.25) is 9.59 Å². The fourth-order valence-electron chi connectivity index (χ4n) is 4.19. The van der Waals surface area contributed by atoms with Crippen molar-refractivity contribution in [3.63, 3.8) is 0 Å². The number of ether oxygens (including phenoxy) is 6. The first-order chi connectivity index (χ1) is 21.7. The van der Waals surface area contributed by atoms with Gasteiger partial charge in [0.05, 0.1) is 91.5 Å². The normalized spacial score (nSPS) is 12.0. The maximum Gasteiger partial charge on any atom is 0.229 e. The number of para-hydroxylation sites is 1. The number of carbonyl (C=O) groups excluding carboxylic acids is 2. The summed E-state index contributed by atoms with van der Waals surface area (Å²) in [5, 5.41) is 2.81. The van der Waals surface area contributed by atoms with Crippen molar-refractivity contribution in [2.24, 2.45) is 5.73 Å². The van der Waals surface area contributed by atoms with Crippen LogP contribution in [0.4, 0.5) is 5.69 Å². The zero-order chi connectivity index (χ0) is 31.1. The number of fused-ring (bicyclic) bond motifs is 2. The number of nitrogens with zero attached hydrogens (tertiary/aromatic N) is 1. The summed E-state index contributed by atoms with van der Waals surface area (Å²) in [7, 11) is 0. The number of hydrogen-bond donors (Lipinski definition) is 2. The summed E-state index contributed by atoms with van der Waals surface area (Å²) in [4.78, 5) is 27.2. The summed E-state index contributed by atoms with van der Waals surface area (Å²) >= 11 is 0. The molecule has 0 fully saturated rings. The molecular formula is C33H45N3O8. The second-order valence-electron chi connectivity index (χ2n) is 9.72. The molecule has 0 unspecified atom stereocenters. The molecule has 0 spiro atoms. The number of hydrogen-bond acceptors (Lipinski definition) is 9. The second-order valence-corrected chi connectivity index (χ2v) is 9.72. The van der Waals surface area contributed by atoms with Gasteiger partial charge in [-0.1, -0.05) is 42.2 Å². The molecule has 0 saturated heterocycles. The van der Waals surface area contributed by atoms with E-state index in [0.717, 1.165) is 22.4 Å². The van der Waals surface area contributed by atoms with Crippen molar-refractivity contribution in [2.45, 2.75) is 19.4 Å². The molecule has 3 rings (SSSR count). The van der Waals surface area contributed by atoms with Crippen LogP contribution in [0.3, 0.4) is 0 Å². The van der Waals surface area contributed by atoms with Gasteiger partial charge in [0.1, 0.15) is 0 Å². The minimum Gasteiger partial charge on any atom is -0.379 e. The molecule has 1 heterocycles. The number of nitrogens with two attached hydrogens (primary N) is 1. The van der Waals surface area contributed by atoms with Crippen LogP contribution in [-0.2, 0) is 44.6 Å². The van der Waals surface area contributed by atoms with Crippen LogP contribution in [0, 0.1) is 11.8 Å². The Balaban J connectivity index is 1.16. The maximum atomic E-state index is 13.2. The lowest BCUT2D eigenvalue weighted by atomic mass is 10.0. The minimum atomic E-state index is -0.165. The zero-order valence-corrected chi connectivity index (χ0v) is 25.4. The third-order valence-corrected chi connectivity index (χ3v) is 6.43. The SMILES string of the molecule is NCCOCCOCCOCCOCCOCCOCCC(=O)NCCC(=O)N1Cc2ccccc2C#Cc2ccccc21. The van der Waals surface area contributed by atoms with Crippen molar-refractivity contribution in [3.05, 3.63) is 65.2 Å². The highest BCUT2D eigenvalue weighted by atomic mass is 16.6. The summed E-state index contributed by atoms with van der Waals surface area (Å²) in [5.41, 5.74) is 8.81. The zero-order valence-electron chi connectivity index (χ0n) is 25.4. The summed E-state index contributed by atoms with van der Waals surface area (Å²) in [6.07, 6.45) is 0.388. The van der Waals surface area contributed by atoms with Crippen molar-refractivity contribution in [1.29, 1.82) is 0 Å². The third kappa shape index (κ3) is 14.0. The van der Waals surface area contributed by atoms with Gasteiger partial charge < -0.3 is 44.4 Å². The quantitative estimate of drug-likeness (QED) is 0.143. The van der Waals surface area contributed by atoms with Gasteiger partial charge in [0.25, 0.3) is 0 Å². The van der Waals surface area contributed by atoms with E-state index >= 15 is 0 Å². The Morgan fingerprint density at radius 2 is 1.16 bits per heavy atom. The monoisotopic (exact) mass is 611 g/mol. The second kappa shape index (κ2) is 22.2. The molecule has 1 aliphatic rings. The average Bonchev–Trinajstić information content (AvgIpc) is 3.03. The Morgan fingerprint density at radius 1 is 0.659 bits per heavy atom. The molecule has 1 aliphatic heterocycles. The maximum absolute atomic E-state index is 13.2. The molecule has 0 saturated carbocycles. The van der Waals surface area contributed by atoms with Crippen LogP contribution >= 0.6 is 0 Å². The van der Waals surface area contributed by atoms with E-state index in [0.29, 0.717) is 85.8 Å². The van der Waals surface area contributed by atoms with Crippen LogP contribution < -0.4 is 16.0 Å². The van der Waals surface area contributed by atoms with E-state index in [2.05, 4.69) is 17.2 Å². The van der Waals surface area contributed by atoms with E-state index in [4.69, 9.17) is 34.2 Å². The number of nitrogens with one attached hydrogen (secondary N) is 1. The van der Waals surface area contributed by atoms with Crippen LogP contribution in [-0.4, -0.2) is 104 Å². The van der Waals surface area contributed by atoms with E-state index in [-0.39, 0.29) is 37.8 Å². The smallest absolute Gasteiger partial charge is 0.229 e. The molecular weight excluding hydrogens is 566 g/mol. The molecule has 0 atom stereocenters. The first-order valence-corrected chi connectivity index (χ1v) is 15.1. The molecule has 240 valence electrons. The molecule has 2 aromatic carbocycles. The number of carbonyl (C=O) groups is 2. The van der Waals surface area contributed by atoms with Crippen molar-refractivity contribution < 1.29 is 38.0 Å². The highest BCUT2D eigenvalue weighted by molar-refractivity contribution is 5.95. The van der Waals surface area contributed by atoms with Crippen molar-refractivity contribution in [3.8, 4) is 11.8 Å². The fourth-order valence-corrected chi connectivity index (χ4v) is 4.19. The van der Waals surface area contributed by atoms with Crippen LogP contribution in [0.2, 0.25) is 0 Å². The summed E-state index contributed by atoms with van der Waals surface area (Å²) in [6, 6.07) is 15.5. The Kier molecular flexibility index (Phi) is 17.7. The van der Waals surface area contributed by atoms with E-state index in [9.17, 15) is 9.59 Å². The van der Waals surface area contributed by atoms with E-state index in [1.807, 2.05) is 48.5 Å². The third-order valence-electron chi connectivity index (χ3n) is 6.43. The van der Waals surface area contributed by atoms with Crippen LogP contribution in [0.5, 0.6) is 0 Å². The standard InChI is InChI=1S/C33H45N3O8/c34-13-16-40-18-20-42-22-24-44-26-25-43-23-21-41-19-17-39-15-12-32(37)35-14-11-33(38)36-27-30-7-2-1-5-28(30)9-10-29-6-3-4-8-31(29)36/h1-8H,11-27,34H2,(H,35,37). The Bertz CT molecular complexity index is 1180. The minimum absolute atomic E-state index is 0.0769. The summed E-state index contributed by atoms with van der Waals surface area (Å²) in [6.45, 7) is 6.75. The van der Waals surface area contributed by atoms with Gasteiger partial charge >= 0.3 is 0 Å². The van der Waals surface area contributed by atoms with Gasteiger partial charge in [0, 0.05) is 37.1 Å². The molecule has 11 nitrogen and oxygen atoms in total. The number of anilines is 1. The lowest BCUT2D eigenvalue weighted by molar-refractivity contribution is -0.122. The number of amides is 2. The average molecular weight is 612 g/mol. The topological polar surface area (TPSA) is 131 Å². The number of benzene rings is 2. The lowest BCUT2D eigenvalue weighted by Crippen LogP contribution is -2.35. The van der Waals surface area contributed by atoms with Gasteiger partial charge in [-0.25, -0.2) is 0 Å². The molecule has 2 aromatic rings. The first kappa shape index (κ1) is 35.1. The molecule has 0 bridgehead atoms. The molecule has 0 aromatic heterocycles. The molecule has 11 heteroatoms. The van der Waals surface area contributed by atoms with Gasteiger partial charge in [0.2, 0.25) is 11.8 Å². The largest absolute Gasteiger partial charge is 0.379 e. The van der Waals surface area contributed by atoms with Gasteiger partial charge in [-0.2, -0.15) is 0 Å². The van der Waals surface area contributed by atoms with E-state index in [1.165, 1.54) is 0 Å². The Labute approximate surface area is 260 Å². The van der Waals surface area contributed by atoms with Crippen molar-refractivity contribution in [2.75, 3.05) is 97.3 Å². The predicted octanol–water partition coefficient (Wildman–Crippen LogP) is 1.89. The Hall–Kier alpha value is -3.34. The van der Waals surface area contributed by atoms with Crippen molar-refractivity contribution in [1.82, 2.24) is 5.32 Å². The molecule has 2 amide bonds. The number of rotatable bonds is 23.